The number of carboxylic acids is 2. The number of carbonyl (C=O) groups is 3. The fraction of sp³-hybridized carbons (Fsp3) is 0.333. The Labute approximate surface area is 166 Å². The van der Waals surface area contributed by atoms with E-state index in [0.29, 0.717) is 34.4 Å². The summed E-state index contributed by atoms with van der Waals surface area (Å²) in [6, 6.07) is 6.74. The fourth-order valence-electron chi connectivity index (χ4n) is 2.37. The van der Waals surface area contributed by atoms with Crippen molar-refractivity contribution < 1.29 is 29.3 Å². The molecule has 1 aliphatic rings. The van der Waals surface area contributed by atoms with E-state index in [9.17, 15) is 14.4 Å². The van der Waals surface area contributed by atoms with Gasteiger partial charge in [-0.15, -0.1) is 0 Å². The number of carboxylic acid groups (broad SMARTS) is 2. The molecule has 0 radical (unpaired) electrons. The predicted molar refractivity (Wildman–Crippen MR) is 106 cm³/mol. The summed E-state index contributed by atoms with van der Waals surface area (Å²) in [5.74, 6) is -1.59. The van der Waals surface area contributed by atoms with Crippen molar-refractivity contribution in [1.29, 1.82) is 0 Å². The molecule has 1 aromatic rings. The topological polar surface area (TPSA) is 104 Å². The van der Waals surface area contributed by atoms with Gasteiger partial charge in [0.2, 0.25) is 0 Å². The van der Waals surface area contributed by atoms with Gasteiger partial charge in [-0.1, -0.05) is 42.5 Å². The van der Waals surface area contributed by atoms with Gasteiger partial charge < -0.3 is 14.9 Å². The van der Waals surface area contributed by atoms with Crippen LogP contribution in [0.3, 0.4) is 0 Å². The van der Waals surface area contributed by atoms with Crippen LogP contribution in [-0.4, -0.2) is 50.4 Å². The first-order chi connectivity index (χ1) is 12.9. The van der Waals surface area contributed by atoms with E-state index in [1.807, 2.05) is 0 Å². The largest absolute Gasteiger partial charge is 0.482 e. The SMILES string of the molecule is O=C(O)CCCCCN1C(=O)/C(=C\c2ccc(OCC(=O)O)cc2)SC1=S. The van der Waals surface area contributed by atoms with Crippen LogP contribution in [0.1, 0.15) is 31.2 Å². The summed E-state index contributed by atoms with van der Waals surface area (Å²) >= 11 is 6.50. The number of hydrogen-bond donors (Lipinski definition) is 2. The first-order valence-electron chi connectivity index (χ1n) is 8.28. The summed E-state index contributed by atoms with van der Waals surface area (Å²) in [4.78, 5) is 35.5. The number of ether oxygens (including phenoxy) is 1. The molecule has 1 saturated heterocycles. The number of rotatable bonds is 10. The second-order valence-corrected chi connectivity index (χ2v) is 7.46. The summed E-state index contributed by atoms with van der Waals surface area (Å²) in [7, 11) is 0. The number of hydrogen-bond acceptors (Lipinski definition) is 6. The van der Waals surface area contributed by atoms with E-state index < -0.39 is 18.5 Å². The van der Waals surface area contributed by atoms with Crippen LogP contribution >= 0.6 is 24.0 Å². The minimum atomic E-state index is -1.05. The van der Waals surface area contributed by atoms with Gasteiger partial charge in [0.25, 0.3) is 5.91 Å². The van der Waals surface area contributed by atoms with Crippen molar-refractivity contribution in [2.24, 2.45) is 0 Å². The molecule has 1 amide bonds. The van der Waals surface area contributed by atoms with Gasteiger partial charge in [-0.3, -0.25) is 14.5 Å². The van der Waals surface area contributed by atoms with E-state index in [2.05, 4.69) is 0 Å². The maximum absolute atomic E-state index is 12.5. The number of thioether (sulfide) groups is 1. The van der Waals surface area contributed by atoms with Crippen LogP contribution in [0.15, 0.2) is 29.2 Å². The van der Waals surface area contributed by atoms with Crippen molar-refractivity contribution in [3.63, 3.8) is 0 Å². The Bertz CT molecular complexity index is 760. The van der Waals surface area contributed by atoms with Crippen molar-refractivity contribution in [3.05, 3.63) is 34.7 Å². The molecule has 0 spiro atoms. The van der Waals surface area contributed by atoms with Crippen molar-refractivity contribution in [3.8, 4) is 5.75 Å². The lowest BCUT2D eigenvalue weighted by molar-refractivity contribution is -0.139. The molecule has 2 N–H and O–H groups in total. The van der Waals surface area contributed by atoms with Gasteiger partial charge in [0.1, 0.15) is 10.1 Å². The van der Waals surface area contributed by atoms with E-state index in [4.69, 9.17) is 27.2 Å². The number of thiocarbonyl (C=S) groups is 1. The predicted octanol–water partition coefficient (Wildman–Crippen LogP) is 3.00. The fourth-order valence-corrected chi connectivity index (χ4v) is 3.68. The highest BCUT2D eigenvalue weighted by Crippen LogP contribution is 2.33. The van der Waals surface area contributed by atoms with Gasteiger partial charge in [-0.2, -0.15) is 0 Å². The molecule has 1 aliphatic heterocycles. The van der Waals surface area contributed by atoms with Crippen molar-refractivity contribution in [2.75, 3.05) is 13.2 Å². The Morgan fingerprint density at radius 2 is 1.81 bits per heavy atom. The van der Waals surface area contributed by atoms with Gasteiger partial charge in [-0.25, -0.2) is 4.79 Å². The molecule has 0 aliphatic carbocycles. The highest BCUT2D eigenvalue weighted by Gasteiger charge is 2.31. The van der Waals surface area contributed by atoms with Gasteiger partial charge in [0, 0.05) is 13.0 Å². The number of unbranched alkanes of at least 4 members (excludes halogenated alkanes) is 2. The number of nitrogens with zero attached hydrogens (tertiary/aromatic N) is 1. The summed E-state index contributed by atoms with van der Waals surface area (Å²) in [6.45, 7) is 0.0636. The minimum Gasteiger partial charge on any atom is -0.482 e. The summed E-state index contributed by atoms with van der Waals surface area (Å²) < 4.78 is 5.56. The molecule has 27 heavy (non-hydrogen) atoms. The highest BCUT2D eigenvalue weighted by molar-refractivity contribution is 8.26. The van der Waals surface area contributed by atoms with Gasteiger partial charge in [0.05, 0.1) is 4.91 Å². The van der Waals surface area contributed by atoms with Crippen LogP contribution in [0.4, 0.5) is 0 Å². The molecule has 0 aromatic heterocycles. The zero-order chi connectivity index (χ0) is 19.8. The molecule has 0 atom stereocenters. The Morgan fingerprint density at radius 1 is 1.11 bits per heavy atom. The van der Waals surface area contributed by atoms with Gasteiger partial charge >= 0.3 is 11.9 Å². The zero-order valence-corrected chi connectivity index (χ0v) is 16.1. The van der Waals surface area contributed by atoms with Crippen LogP contribution in [-0.2, 0) is 14.4 Å². The van der Waals surface area contributed by atoms with Crippen molar-refractivity contribution in [1.82, 2.24) is 4.90 Å². The molecule has 0 unspecified atom stereocenters. The molecule has 0 saturated carbocycles. The standard InChI is InChI=1S/C18H19NO6S2/c20-15(21)4-2-1-3-9-19-17(24)14(27-18(19)26)10-12-5-7-13(8-6-12)25-11-16(22)23/h5-8,10H,1-4,9,11H2,(H,20,21)(H,22,23)/b14-10+. The molecule has 0 bridgehead atoms. The molecular formula is C18H19NO6S2. The van der Waals surface area contributed by atoms with Crippen molar-refractivity contribution >= 4 is 52.2 Å². The number of benzene rings is 1. The molecule has 1 fully saturated rings. The molecule has 7 nitrogen and oxygen atoms in total. The Kier molecular flexibility index (Phi) is 7.81. The van der Waals surface area contributed by atoms with Crippen LogP contribution in [0.25, 0.3) is 6.08 Å². The number of carbonyl (C=O) groups excluding carboxylic acids is 1. The Morgan fingerprint density at radius 3 is 2.44 bits per heavy atom. The van der Waals surface area contributed by atoms with E-state index in [-0.39, 0.29) is 12.3 Å². The number of aliphatic carboxylic acids is 2. The highest BCUT2D eigenvalue weighted by atomic mass is 32.2. The van der Waals surface area contributed by atoms with Crippen LogP contribution in [0.2, 0.25) is 0 Å². The van der Waals surface area contributed by atoms with E-state index in [0.717, 1.165) is 12.0 Å². The molecule has 2 rings (SSSR count). The van der Waals surface area contributed by atoms with Crippen LogP contribution in [0.5, 0.6) is 5.75 Å². The first-order valence-corrected chi connectivity index (χ1v) is 9.51. The third-order valence-corrected chi connectivity index (χ3v) is 5.06. The number of amides is 1. The molecule has 9 heteroatoms. The monoisotopic (exact) mass is 409 g/mol. The average Bonchev–Trinajstić information content (AvgIpc) is 2.87. The Hall–Kier alpha value is -2.39. The van der Waals surface area contributed by atoms with Crippen molar-refractivity contribution in [2.45, 2.75) is 25.7 Å². The summed E-state index contributed by atoms with van der Waals surface area (Å²) in [5, 5.41) is 17.2. The van der Waals surface area contributed by atoms with E-state index in [1.165, 1.54) is 16.7 Å². The first kappa shape index (κ1) is 20.9. The third kappa shape index (κ3) is 6.69. The van der Waals surface area contributed by atoms with E-state index in [1.54, 1.807) is 30.3 Å². The third-order valence-electron chi connectivity index (χ3n) is 3.69. The molecule has 1 aromatic carbocycles. The quantitative estimate of drug-likeness (QED) is 0.345. The normalized spacial score (nSPS) is 15.4. The lowest BCUT2D eigenvalue weighted by Gasteiger charge is -2.13. The zero-order valence-electron chi connectivity index (χ0n) is 14.4. The van der Waals surface area contributed by atoms with E-state index >= 15 is 0 Å². The molecule has 144 valence electrons. The molecule has 1 heterocycles. The summed E-state index contributed by atoms with van der Waals surface area (Å²) in [5.41, 5.74) is 0.777. The van der Waals surface area contributed by atoms with Crippen LogP contribution in [0, 0.1) is 0 Å². The van der Waals surface area contributed by atoms with Crippen LogP contribution < -0.4 is 4.74 Å². The maximum atomic E-state index is 12.5. The lowest BCUT2D eigenvalue weighted by Crippen LogP contribution is -2.29. The summed E-state index contributed by atoms with van der Waals surface area (Å²) in [6.07, 6.45) is 3.86. The maximum Gasteiger partial charge on any atom is 0.341 e. The second-order valence-electron chi connectivity index (χ2n) is 5.79. The lowest BCUT2D eigenvalue weighted by atomic mass is 10.2. The van der Waals surface area contributed by atoms with Gasteiger partial charge in [0.15, 0.2) is 6.61 Å². The average molecular weight is 409 g/mol. The Balaban J connectivity index is 1.91. The second kappa shape index (κ2) is 10.1. The smallest absolute Gasteiger partial charge is 0.341 e. The minimum absolute atomic E-state index is 0.129. The molecular weight excluding hydrogens is 390 g/mol. The van der Waals surface area contributed by atoms with Gasteiger partial charge in [-0.05, 0) is 36.6 Å².